The van der Waals surface area contributed by atoms with Gasteiger partial charge in [0.1, 0.15) is 0 Å². The minimum atomic E-state index is -0.206. The Labute approximate surface area is 128 Å². The summed E-state index contributed by atoms with van der Waals surface area (Å²) in [7, 11) is 0. The molecule has 3 aromatic rings. The average molecular weight is 291 g/mol. The third kappa shape index (κ3) is 3.23. The Morgan fingerprint density at radius 1 is 0.955 bits per heavy atom. The van der Waals surface area contributed by atoms with Gasteiger partial charge in [0.2, 0.25) is 0 Å². The summed E-state index contributed by atoms with van der Waals surface area (Å²) in [6, 6.07) is 20.5. The zero-order valence-corrected chi connectivity index (χ0v) is 12.1. The van der Waals surface area contributed by atoms with Crippen molar-refractivity contribution >= 4 is 5.82 Å². The molecular formula is C18H17N3O. The first-order chi connectivity index (χ1) is 10.8. The maximum Gasteiger partial charge on any atom is 0.290 e. The number of nitrogens with zero attached hydrogens (tertiary/aromatic N) is 1. The summed E-state index contributed by atoms with van der Waals surface area (Å²) in [5.41, 5.74) is 2.20. The summed E-state index contributed by atoms with van der Waals surface area (Å²) in [4.78, 5) is 18.4. The molecule has 0 radical (unpaired) electrons. The first-order valence-corrected chi connectivity index (χ1v) is 7.22. The van der Waals surface area contributed by atoms with Gasteiger partial charge in [0.15, 0.2) is 5.82 Å². The van der Waals surface area contributed by atoms with Crippen molar-refractivity contribution in [3.05, 3.63) is 94.5 Å². The van der Waals surface area contributed by atoms with E-state index in [0.717, 1.165) is 0 Å². The molecule has 0 saturated heterocycles. The van der Waals surface area contributed by atoms with E-state index in [4.69, 9.17) is 0 Å². The van der Waals surface area contributed by atoms with Gasteiger partial charge in [-0.1, -0.05) is 60.7 Å². The molecule has 0 unspecified atom stereocenters. The van der Waals surface area contributed by atoms with Gasteiger partial charge in [-0.2, -0.15) is 0 Å². The second-order valence-corrected chi connectivity index (χ2v) is 5.02. The molecule has 110 valence electrons. The normalized spacial score (nSPS) is 10.6. The van der Waals surface area contributed by atoms with Crippen molar-refractivity contribution in [2.24, 2.45) is 0 Å². The topological polar surface area (TPSA) is 57.8 Å². The first kappa shape index (κ1) is 14.1. The largest absolute Gasteiger partial charge is 0.365 e. The molecule has 22 heavy (non-hydrogen) atoms. The molecule has 0 atom stereocenters. The molecule has 0 bridgehead atoms. The molecule has 4 heteroatoms. The van der Waals surface area contributed by atoms with Crippen molar-refractivity contribution in [3.8, 4) is 0 Å². The lowest BCUT2D eigenvalue weighted by atomic mass is 9.91. The van der Waals surface area contributed by atoms with Crippen molar-refractivity contribution in [1.82, 2.24) is 9.97 Å². The fraction of sp³-hybridized carbons (Fsp3) is 0.111. The number of aromatic amines is 1. The molecule has 0 saturated carbocycles. The number of hydrogen-bond acceptors (Lipinski definition) is 3. The Balaban J connectivity index is 1.87. The molecular weight excluding hydrogens is 274 g/mol. The van der Waals surface area contributed by atoms with Crippen LogP contribution in [0.2, 0.25) is 0 Å². The maximum atomic E-state index is 11.7. The predicted molar refractivity (Wildman–Crippen MR) is 88.1 cm³/mol. The number of aromatic nitrogens is 2. The average Bonchev–Trinajstić information content (AvgIpc) is 2.59. The summed E-state index contributed by atoms with van der Waals surface area (Å²) < 4.78 is 0. The molecule has 3 rings (SSSR count). The molecule has 1 aromatic heterocycles. The Kier molecular flexibility index (Phi) is 4.30. The van der Waals surface area contributed by atoms with E-state index in [9.17, 15) is 4.79 Å². The van der Waals surface area contributed by atoms with Gasteiger partial charge < -0.3 is 10.3 Å². The van der Waals surface area contributed by atoms with E-state index in [1.165, 1.54) is 17.3 Å². The second-order valence-electron chi connectivity index (χ2n) is 5.02. The molecule has 0 fully saturated rings. The van der Waals surface area contributed by atoms with Crippen LogP contribution in [0.15, 0.2) is 77.9 Å². The van der Waals surface area contributed by atoms with E-state index in [1.807, 2.05) is 36.4 Å². The Bertz CT molecular complexity index is 729. The molecule has 0 aliphatic heterocycles. The minimum absolute atomic E-state index is 0.156. The smallest absolute Gasteiger partial charge is 0.290 e. The third-order valence-corrected chi connectivity index (χ3v) is 3.59. The van der Waals surface area contributed by atoms with Crippen molar-refractivity contribution in [2.75, 3.05) is 11.9 Å². The standard InChI is InChI=1S/C18H17N3O/c22-18-17(19-11-12-20-18)21-13-16(14-7-3-1-4-8-14)15-9-5-2-6-10-15/h1-12,16H,13H2,(H,19,21)(H,20,22). The summed E-state index contributed by atoms with van der Waals surface area (Å²) in [5.74, 6) is 0.503. The Morgan fingerprint density at radius 2 is 1.55 bits per heavy atom. The van der Waals surface area contributed by atoms with Gasteiger partial charge in [-0.3, -0.25) is 4.79 Å². The highest BCUT2D eigenvalue weighted by Gasteiger charge is 2.14. The highest BCUT2D eigenvalue weighted by Crippen LogP contribution is 2.24. The van der Waals surface area contributed by atoms with Crippen molar-refractivity contribution < 1.29 is 0 Å². The Hall–Kier alpha value is -2.88. The molecule has 0 amide bonds. The number of benzene rings is 2. The van der Waals surface area contributed by atoms with E-state index in [2.05, 4.69) is 39.6 Å². The number of nitrogens with one attached hydrogen (secondary N) is 2. The molecule has 0 aliphatic carbocycles. The molecule has 4 nitrogen and oxygen atoms in total. The van der Waals surface area contributed by atoms with Crippen molar-refractivity contribution in [2.45, 2.75) is 5.92 Å². The lowest BCUT2D eigenvalue weighted by molar-refractivity contribution is 0.845. The van der Waals surface area contributed by atoms with Crippen LogP contribution in [0.1, 0.15) is 17.0 Å². The van der Waals surface area contributed by atoms with Crippen molar-refractivity contribution in [1.29, 1.82) is 0 Å². The van der Waals surface area contributed by atoms with Gasteiger partial charge in [0.05, 0.1) is 0 Å². The molecule has 0 spiro atoms. The van der Waals surface area contributed by atoms with Gasteiger partial charge in [-0.15, -0.1) is 0 Å². The molecule has 0 aliphatic rings. The zero-order valence-electron chi connectivity index (χ0n) is 12.1. The van der Waals surface area contributed by atoms with Crippen LogP contribution in [0.25, 0.3) is 0 Å². The number of rotatable bonds is 5. The summed E-state index contributed by atoms with van der Waals surface area (Å²) in [6.45, 7) is 0.605. The van der Waals surface area contributed by atoms with Gasteiger partial charge in [-0.25, -0.2) is 4.98 Å². The minimum Gasteiger partial charge on any atom is -0.365 e. The molecule has 2 N–H and O–H groups in total. The summed E-state index contributed by atoms with van der Waals surface area (Å²) >= 11 is 0. The van der Waals surface area contributed by atoms with Crippen LogP contribution in [0, 0.1) is 0 Å². The summed E-state index contributed by atoms with van der Waals surface area (Å²) in [6.07, 6.45) is 3.10. The van der Waals surface area contributed by atoms with Crippen LogP contribution in [-0.2, 0) is 0 Å². The van der Waals surface area contributed by atoms with Crippen LogP contribution < -0.4 is 10.9 Å². The van der Waals surface area contributed by atoms with Crippen LogP contribution in [0.4, 0.5) is 5.82 Å². The number of hydrogen-bond donors (Lipinski definition) is 2. The van der Waals surface area contributed by atoms with E-state index in [1.54, 1.807) is 6.20 Å². The van der Waals surface area contributed by atoms with Crippen LogP contribution in [0.5, 0.6) is 0 Å². The molecule has 2 aromatic carbocycles. The zero-order chi connectivity index (χ0) is 15.2. The van der Waals surface area contributed by atoms with E-state index in [-0.39, 0.29) is 11.5 Å². The van der Waals surface area contributed by atoms with Gasteiger partial charge >= 0.3 is 0 Å². The fourth-order valence-corrected chi connectivity index (χ4v) is 2.48. The highest BCUT2D eigenvalue weighted by molar-refractivity contribution is 5.37. The van der Waals surface area contributed by atoms with Crippen LogP contribution in [0.3, 0.4) is 0 Å². The highest BCUT2D eigenvalue weighted by atomic mass is 16.1. The SMILES string of the molecule is O=c1[nH]ccnc1NCC(c1ccccc1)c1ccccc1. The van der Waals surface area contributed by atoms with Gasteiger partial charge in [0, 0.05) is 24.9 Å². The van der Waals surface area contributed by atoms with E-state index >= 15 is 0 Å². The fourth-order valence-electron chi connectivity index (χ4n) is 2.48. The van der Waals surface area contributed by atoms with Crippen molar-refractivity contribution in [3.63, 3.8) is 0 Å². The maximum absolute atomic E-state index is 11.7. The Morgan fingerprint density at radius 3 is 2.09 bits per heavy atom. The lowest BCUT2D eigenvalue weighted by Crippen LogP contribution is -2.20. The lowest BCUT2D eigenvalue weighted by Gasteiger charge is -2.18. The quantitative estimate of drug-likeness (QED) is 0.759. The monoisotopic (exact) mass is 291 g/mol. The van der Waals surface area contributed by atoms with Gasteiger partial charge in [0.25, 0.3) is 5.56 Å². The predicted octanol–water partition coefficient (Wildman–Crippen LogP) is 3.01. The third-order valence-electron chi connectivity index (χ3n) is 3.59. The summed E-state index contributed by atoms with van der Waals surface area (Å²) in [5, 5.41) is 3.16. The second kappa shape index (κ2) is 6.72. The van der Waals surface area contributed by atoms with Crippen LogP contribution >= 0.6 is 0 Å². The molecule has 1 heterocycles. The van der Waals surface area contributed by atoms with E-state index < -0.39 is 0 Å². The van der Waals surface area contributed by atoms with E-state index in [0.29, 0.717) is 12.4 Å². The van der Waals surface area contributed by atoms with Crippen LogP contribution in [-0.4, -0.2) is 16.5 Å². The first-order valence-electron chi connectivity index (χ1n) is 7.22. The number of anilines is 1. The van der Waals surface area contributed by atoms with Gasteiger partial charge in [-0.05, 0) is 11.1 Å². The number of H-pyrrole nitrogens is 1.